The van der Waals surface area contributed by atoms with Gasteiger partial charge in [-0.3, -0.25) is 4.79 Å². The lowest BCUT2D eigenvalue weighted by Crippen LogP contribution is -2.33. The molecule has 1 aromatic rings. The molecule has 0 aliphatic carbocycles. The van der Waals surface area contributed by atoms with Crippen LogP contribution in [0.2, 0.25) is 5.15 Å². The Balaban J connectivity index is 2.70. The maximum Gasteiger partial charge on any atom is 0.337 e. The Kier molecular flexibility index (Phi) is 6.86. The van der Waals surface area contributed by atoms with E-state index >= 15 is 0 Å². The molecule has 0 spiro atoms. The van der Waals surface area contributed by atoms with Gasteiger partial charge in [0, 0.05) is 12.6 Å². The third kappa shape index (κ3) is 6.17. The molecule has 1 amide bonds. The second-order valence-electron chi connectivity index (χ2n) is 5.61. The molecule has 0 fully saturated rings. The van der Waals surface area contributed by atoms with Crippen molar-refractivity contribution in [3.63, 3.8) is 0 Å². The second kappa shape index (κ2) is 8.39. The predicted octanol–water partition coefficient (Wildman–Crippen LogP) is 2.76. The topological polar surface area (TPSA) is 77.5 Å². The number of nitrogens with zero attached hydrogens (tertiary/aromatic N) is 1. The SMILES string of the molecule is CC#CCCOc1cc(C(=O)NOC(=O)C(C)(C)C)cnc1Cl. The van der Waals surface area contributed by atoms with Crippen LogP contribution in [0.4, 0.5) is 0 Å². The quantitative estimate of drug-likeness (QED) is 0.395. The number of carbonyl (C=O) groups excluding carboxylic acids is 2. The summed E-state index contributed by atoms with van der Waals surface area (Å²) >= 11 is 5.91. The fraction of sp³-hybridized carbons (Fsp3) is 0.438. The third-order valence-corrected chi connectivity index (χ3v) is 2.86. The van der Waals surface area contributed by atoms with Crippen molar-refractivity contribution in [2.24, 2.45) is 5.41 Å². The molecule has 0 aliphatic heterocycles. The minimum atomic E-state index is -0.722. The number of ether oxygens (including phenoxy) is 1. The first-order chi connectivity index (χ1) is 10.8. The summed E-state index contributed by atoms with van der Waals surface area (Å²) in [4.78, 5) is 32.2. The molecule has 0 bridgehead atoms. The molecule has 0 aromatic carbocycles. The lowest BCUT2D eigenvalue weighted by atomic mass is 9.98. The monoisotopic (exact) mass is 338 g/mol. The summed E-state index contributed by atoms with van der Waals surface area (Å²) in [5.41, 5.74) is 1.52. The zero-order chi connectivity index (χ0) is 17.5. The third-order valence-electron chi connectivity index (χ3n) is 2.58. The zero-order valence-electron chi connectivity index (χ0n) is 13.5. The Morgan fingerprint density at radius 1 is 1.39 bits per heavy atom. The van der Waals surface area contributed by atoms with Crippen LogP contribution in [0, 0.1) is 17.3 Å². The van der Waals surface area contributed by atoms with E-state index in [1.54, 1.807) is 27.7 Å². The van der Waals surface area contributed by atoms with Gasteiger partial charge in [0.05, 0.1) is 17.6 Å². The molecule has 0 atom stereocenters. The van der Waals surface area contributed by atoms with Crippen molar-refractivity contribution in [2.45, 2.75) is 34.1 Å². The molecule has 1 N–H and O–H groups in total. The van der Waals surface area contributed by atoms with E-state index in [-0.39, 0.29) is 16.5 Å². The Labute approximate surface area is 140 Å². The van der Waals surface area contributed by atoms with Gasteiger partial charge < -0.3 is 9.57 Å². The number of pyridine rings is 1. The molecular formula is C16H19ClN2O4. The molecule has 0 unspecified atom stereocenters. The van der Waals surface area contributed by atoms with Gasteiger partial charge >= 0.3 is 5.97 Å². The van der Waals surface area contributed by atoms with Gasteiger partial charge in [0.2, 0.25) is 0 Å². The van der Waals surface area contributed by atoms with E-state index in [1.807, 2.05) is 0 Å². The molecule has 23 heavy (non-hydrogen) atoms. The summed E-state index contributed by atoms with van der Waals surface area (Å²) in [6, 6.07) is 1.43. The minimum Gasteiger partial charge on any atom is -0.489 e. The standard InChI is InChI=1S/C16H19ClN2O4/c1-5-6-7-8-22-12-9-11(10-18-13(12)17)14(20)19-23-15(21)16(2,3)4/h9-10H,7-8H2,1-4H3,(H,19,20). The van der Waals surface area contributed by atoms with Gasteiger partial charge in [0.25, 0.3) is 5.91 Å². The van der Waals surface area contributed by atoms with Crippen LogP contribution in [0.5, 0.6) is 5.75 Å². The molecule has 7 heteroatoms. The number of hydrogen-bond acceptors (Lipinski definition) is 5. The smallest absolute Gasteiger partial charge is 0.337 e. The minimum absolute atomic E-state index is 0.137. The summed E-state index contributed by atoms with van der Waals surface area (Å²) in [6.07, 6.45) is 1.80. The lowest BCUT2D eigenvalue weighted by molar-refractivity contribution is -0.158. The number of aromatic nitrogens is 1. The van der Waals surface area contributed by atoms with Gasteiger partial charge in [-0.25, -0.2) is 9.78 Å². The van der Waals surface area contributed by atoms with E-state index in [2.05, 4.69) is 22.3 Å². The molecule has 1 aromatic heterocycles. The second-order valence-corrected chi connectivity index (χ2v) is 5.97. The summed E-state index contributed by atoms with van der Waals surface area (Å²) in [5, 5.41) is 0.137. The van der Waals surface area contributed by atoms with Gasteiger partial charge in [0.1, 0.15) is 0 Å². The number of nitrogens with one attached hydrogen (secondary N) is 1. The van der Waals surface area contributed by atoms with Crippen LogP contribution in [-0.2, 0) is 9.63 Å². The molecule has 1 heterocycles. The molecule has 0 radical (unpaired) electrons. The van der Waals surface area contributed by atoms with Crippen molar-refractivity contribution in [3.05, 3.63) is 23.0 Å². The summed E-state index contributed by atoms with van der Waals surface area (Å²) in [5.74, 6) is 4.68. The van der Waals surface area contributed by atoms with Crippen LogP contribution in [0.15, 0.2) is 12.3 Å². The highest BCUT2D eigenvalue weighted by Gasteiger charge is 2.24. The highest BCUT2D eigenvalue weighted by molar-refractivity contribution is 6.30. The largest absolute Gasteiger partial charge is 0.489 e. The lowest BCUT2D eigenvalue weighted by Gasteiger charge is -2.16. The van der Waals surface area contributed by atoms with E-state index in [0.29, 0.717) is 13.0 Å². The Hall–Kier alpha value is -2.26. The summed E-state index contributed by atoms with van der Waals surface area (Å²) in [6.45, 7) is 7.09. The Bertz CT molecular complexity index is 642. The predicted molar refractivity (Wildman–Crippen MR) is 85.8 cm³/mol. The summed E-state index contributed by atoms with van der Waals surface area (Å²) in [7, 11) is 0. The Morgan fingerprint density at radius 3 is 2.70 bits per heavy atom. The molecular weight excluding hydrogens is 320 g/mol. The highest BCUT2D eigenvalue weighted by Crippen LogP contribution is 2.23. The molecule has 0 aliphatic rings. The number of carbonyl (C=O) groups is 2. The van der Waals surface area contributed by atoms with Crippen LogP contribution in [0.25, 0.3) is 0 Å². The normalized spacial score (nSPS) is 10.3. The number of amides is 1. The number of halogens is 1. The van der Waals surface area contributed by atoms with Crippen molar-refractivity contribution >= 4 is 23.5 Å². The average molecular weight is 339 g/mol. The average Bonchev–Trinajstić information content (AvgIpc) is 2.49. The number of rotatable bonds is 4. The highest BCUT2D eigenvalue weighted by atomic mass is 35.5. The molecule has 0 saturated heterocycles. The number of hydrogen-bond donors (Lipinski definition) is 1. The fourth-order valence-electron chi connectivity index (χ4n) is 1.30. The molecule has 1 rings (SSSR count). The van der Waals surface area contributed by atoms with Gasteiger partial charge in [-0.2, -0.15) is 5.48 Å². The van der Waals surface area contributed by atoms with Crippen molar-refractivity contribution in [2.75, 3.05) is 6.61 Å². The maximum absolute atomic E-state index is 12.0. The first-order valence-electron chi connectivity index (χ1n) is 6.95. The molecule has 0 saturated carbocycles. The van der Waals surface area contributed by atoms with Crippen molar-refractivity contribution in [3.8, 4) is 17.6 Å². The van der Waals surface area contributed by atoms with Gasteiger partial charge in [-0.05, 0) is 33.8 Å². The zero-order valence-corrected chi connectivity index (χ0v) is 14.3. The molecule has 124 valence electrons. The van der Waals surface area contributed by atoms with Gasteiger partial charge in [0.15, 0.2) is 10.9 Å². The Morgan fingerprint density at radius 2 is 2.09 bits per heavy atom. The van der Waals surface area contributed by atoms with E-state index in [0.717, 1.165) is 0 Å². The van der Waals surface area contributed by atoms with Crippen molar-refractivity contribution < 1.29 is 19.2 Å². The summed E-state index contributed by atoms with van der Waals surface area (Å²) < 4.78 is 5.42. The van der Waals surface area contributed by atoms with Gasteiger partial charge in [-0.15, -0.1) is 11.8 Å². The number of hydroxylamine groups is 1. The van der Waals surface area contributed by atoms with Gasteiger partial charge in [-0.1, -0.05) is 11.6 Å². The van der Waals surface area contributed by atoms with E-state index in [4.69, 9.17) is 21.2 Å². The van der Waals surface area contributed by atoms with Crippen LogP contribution >= 0.6 is 11.6 Å². The molecule has 6 nitrogen and oxygen atoms in total. The van der Waals surface area contributed by atoms with Crippen molar-refractivity contribution in [1.82, 2.24) is 10.5 Å². The van der Waals surface area contributed by atoms with E-state index < -0.39 is 17.3 Å². The van der Waals surface area contributed by atoms with Crippen molar-refractivity contribution in [1.29, 1.82) is 0 Å². The van der Waals surface area contributed by atoms with Crippen LogP contribution in [-0.4, -0.2) is 23.5 Å². The maximum atomic E-state index is 12.0. The van der Waals surface area contributed by atoms with E-state index in [1.165, 1.54) is 12.3 Å². The van der Waals surface area contributed by atoms with Crippen LogP contribution < -0.4 is 10.2 Å². The first-order valence-corrected chi connectivity index (χ1v) is 7.33. The fourth-order valence-corrected chi connectivity index (χ4v) is 1.45. The first kappa shape index (κ1) is 18.8. The van der Waals surface area contributed by atoms with E-state index in [9.17, 15) is 9.59 Å². The van der Waals surface area contributed by atoms with Crippen LogP contribution in [0.3, 0.4) is 0 Å². The van der Waals surface area contributed by atoms with Crippen LogP contribution in [0.1, 0.15) is 44.5 Å².